The molecule has 0 aliphatic rings. The first kappa shape index (κ1) is 16.4. The van der Waals surface area contributed by atoms with Gasteiger partial charge in [0, 0.05) is 29.0 Å². The molecule has 0 fully saturated rings. The molecule has 0 atom stereocenters. The van der Waals surface area contributed by atoms with E-state index in [1.54, 1.807) is 0 Å². The van der Waals surface area contributed by atoms with Gasteiger partial charge in [-0.3, -0.25) is 0 Å². The summed E-state index contributed by atoms with van der Waals surface area (Å²) in [6, 6.07) is 28.3. The minimum Gasteiger partial charge on any atom is -0.457 e. The number of nitrogens with zero attached hydrogens (tertiary/aromatic N) is 1. The number of ether oxygens (including phenoxy) is 1. The first-order valence-corrected chi connectivity index (χ1v) is 9.28. The Labute approximate surface area is 162 Å². The second-order valence-corrected chi connectivity index (χ2v) is 6.67. The lowest BCUT2D eigenvalue weighted by Crippen LogP contribution is -2.01. The van der Waals surface area contributed by atoms with E-state index in [-0.39, 0.29) is 0 Å². The Morgan fingerprint density at radius 3 is 2.36 bits per heavy atom. The highest BCUT2D eigenvalue weighted by atomic mass is 16.5. The Morgan fingerprint density at radius 1 is 0.750 bits per heavy atom. The van der Waals surface area contributed by atoms with Gasteiger partial charge in [0.05, 0.1) is 5.52 Å². The molecule has 0 unspecified atom stereocenters. The number of H-pyrrole nitrogens is 1. The van der Waals surface area contributed by atoms with Crippen molar-refractivity contribution in [1.82, 2.24) is 9.97 Å². The second kappa shape index (κ2) is 7.08. The standard InChI is InChI=1S/C24H19N3O/c1-2-6-18(7-3-1)28-19-12-10-17(11-13-19)16-26-24-23-21(14-15-25-24)20-8-4-5-9-22(20)27-23/h1-15,27H,16H2,(H,25,26). The second-order valence-electron chi connectivity index (χ2n) is 6.67. The molecule has 0 amide bonds. The fraction of sp³-hybridized carbons (Fsp3) is 0.0417. The molecular weight excluding hydrogens is 346 g/mol. The Balaban J connectivity index is 1.33. The number of aromatic nitrogens is 2. The quantitative estimate of drug-likeness (QED) is 0.394. The lowest BCUT2D eigenvalue weighted by Gasteiger charge is -2.09. The average molecular weight is 365 g/mol. The van der Waals surface area contributed by atoms with Crippen LogP contribution in [-0.4, -0.2) is 9.97 Å². The normalized spacial score (nSPS) is 11.0. The topological polar surface area (TPSA) is 49.9 Å². The summed E-state index contributed by atoms with van der Waals surface area (Å²) in [4.78, 5) is 8.00. The lowest BCUT2D eigenvalue weighted by molar-refractivity contribution is 0.482. The fourth-order valence-corrected chi connectivity index (χ4v) is 3.39. The van der Waals surface area contributed by atoms with Crippen molar-refractivity contribution in [1.29, 1.82) is 0 Å². The number of anilines is 1. The van der Waals surface area contributed by atoms with E-state index < -0.39 is 0 Å². The summed E-state index contributed by atoms with van der Waals surface area (Å²) in [7, 11) is 0. The van der Waals surface area contributed by atoms with Gasteiger partial charge in [-0.25, -0.2) is 4.98 Å². The Hall–Kier alpha value is -3.79. The third-order valence-corrected chi connectivity index (χ3v) is 4.79. The first-order valence-electron chi connectivity index (χ1n) is 9.28. The van der Waals surface area contributed by atoms with Crippen molar-refractivity contribution >= 4 is 27.6 Å². The van der Waals surface area contributed by atoms with Crippen LogP contribution in [0, 0.1) is 0 Å². The molecular formula is C24H19N3O. The Bertz CT molecular complexity index is 1230. The maximum absolute atomic E-state index is 5.85. The molecule has 0 aliphatic carbocycles. The van der Waals surface area contributed by atoms with Gasteiger partial charge in [-0.1, -0.05) is 48.5 Å². The van der Waals surface area contributed by atoms with E-state index in [2.05, 4.69) is 51.7 Å². The summed E-state index contributed by atoms with van der Waals surface area (Å²) in [5.41, 5.74) is 3.32. The molecule has 5 rings (SSSR count). The molecule has 0 saturated carbocycles. The van der Waals surface area contributed by atoms with Crippen LogP contribution >= 0.6 is 0 Å². The zero-order valence-corrected chi connectivity index (χ0v) is 15.2. The molecule has 2 aromatic heterocycles. The summed E-state index contributed by atoms with van der Waals surface area (Å²) in [6.07, 6.45) is 1.85. The largest absolute Gasteiger partial charge is 0.457 e. The van der Waals surface area contributed by atoms with Crippen LogP contribution in [0.15, 0.2) is 91.1 Å². The highest BCUT2D eigenvalue weighted by molar-refractivity contribution is 6.10. The van der Waals surface area contributed by atoms with Gasteiger partial charge in [-0.05, 0) is 42.0 Å². The van der Waals surface area contributed by atoms with Crippen LogP contribution in [0.2, 0.25) is 0 Å². The van der Waals surface area contributed by atoms with Gasteiger partial charge in [-0.2, -0.15) is 0 Å². The van der Waals surface area contributed by atoms with Crippen LogP contribution < -0.4 is 10.1 Å². The van der Waals surface area contributed by atoms with Gasteiger partial charge in [0.15, 0.2) is 5.82 Å². The minimum atomic E-state index is 0.688. The number of pyridine rings is 1. The van der Waals surface area contributed by atoms with Crippen LogP contribution in [0.25, 0.3) is 21.8 Å². The summed E-state index contributed by atoms with van der Waals surface area (Å²) in [6.45, 7) is 0.688. The number of para-hydroxylation sites is 2. The molecule has 5 aromatic rings. The molecule has 2 N–H and O–H groups in total. The first-order chi connectivity index (χ1) is 13.9. The highest BCUT2D eigenvalue weighted by Gasteiger charge is 2.08. The summed E-state index contributed by atoms with van der Waals surface area (Å²) in [5.74, 6) is 2.52. The maximum atomic E-state index is 5.85. The van der Waals surface area contributed by atoms with E-state index in [4.69, 9.17) is 4.74 Å². The number of nitrogens with one attached hydrogen (secondary N) is 2. The number of hydrogen-bond acceptors (Lipinski definition) is 3. The molecule has 136 valence electrons. The third-order valence-electron chi connectivity index (χ3n) is 4.79. The van der Waals surface area contributed by atoms with Crippen LogP contribution in [0.3, 0.4) is 0 Å². The van der Waals surface area contributed by atoms with Gasteiger partial charge in [0.25, 0.3) is 0 Å². The number of rotatable bonds is 5. The molecule has 0 radical (unpaired) electrons. The molecule has 4 nitrogen and oxygen atoms in total. The highest BCUT2D eigenvalue weighted by Crippen LogP contribution is 2.29. The van der Waals surface area contributed by atoms with E-state index in [1.165, 1.54) is 10.8 Å². The van der Waals surface area contributed by atoms with E-state index in [0.717, 1.165) is 33.9 Å². The lowest BCUT2D eigenvalue weighted by atomic mass is 10.2. The van der Waals surface area contributed by atoms with Crippen molar-refractivity contribution in [2.45, 2.75) is 6.54 Å². The number of fused-ring (bicyclic) bond motifs is 3. The SMILES string of the molecule is c1ccc(Oc2ccc(CNc3nccc4c3[nH]c3ccccc34)cc2)cc1. The predicted molar refractivity (Wildman–Crippen MR) is 114 cm³/mol. The molecule has 0 spiro atoms. The molecule has 2 heterocycles. The van der Waals surface area contributed by atoms with Crippen molar-refractivity contribution in [3.8, 4) is 11.5 Å². The van der Waals surface area contributed by atoms with Gasteiger partial charge in [-0.15, -0.1) is 0 Å². The zero-order chi connectivity index (χ0) is 18.8. The van der Waals surface area contributed by atoms with Gasteiger partial charge < -0.3 is 15.0 Å². The van der Waals surface area contributed by atoms with Crippen molar-refractivity contribution < 1.29 is 4.74 Å². The van der Waals surface area contributed by atoms with Gasteiger partial charge in [0.1, 0.15) is 11.5 Å². The van der Waals surface area contributed by atoms with Crippen LogP contribution in [-0.2, 0) is 6.54 Å². The zero-order valence-electron chi connectivity index (χ0n) is 15.2. The van der Waals surface area contributed by atoms with E-state index in [9.17, 15) is 0 Å². The molecule has 0 bridgehead atoms. The van der Waals surface area contributed by atoms with Crippen LogP contribution in [0.4, 0.5) is 5.82 Å². The van der Waals surface area contributed by atoms with Crippen LogP contribution in [0.1, 0.15) is 5.56 Å². The summed E-state index contributed by atoms with van der Waals surface area (Å²) >= 11 is 0. The fourth-order valence-electron chi connectivity index (χ4n) is 3.39. The summed E-state index contributed by atoms with van der Waals surface area (Å²) in [5, 5.41) is 5.84. The minimum absolute atomic E-state index is 0.688. The Morgan fingerprint density at radius 2 is 1.50 bits per heavy atom. The Kier molecular flexibility index (Phi) is 4.14. The van der Waals surface area contributed by atoms with Gasteiger partial charge in [0.2, 0.25) is 0 Å². The smallest absolute Gasteiger partial charge is 0.150 e. The molecule has 4 heteroatoms. The van der Waals surface area contributed by atoms with Crippen molar-refractivity contribution in [2.75, 3.05) is 5.32 Å². The van der Waals surface area contributed by atoms with Crippen molar-refractivity contribution in [3.63, 3.8) is 0 Å². The van der Waals surface area contributed by atoms with Crippen LogP contribution in [0.5, 0.6) is 11.5 Å². The van der Waals surface area contributed by atoms with Crippen molar-refractivity contribution in [2.24, 2.45) is 0 Å². The third kappa shape index (κ3) is 3.16. The molecule has 28 heavy (non-hydrogen) atoms. The number of hydrogen-bond donors (Lipinski definition) is 2. The predicted octanol–water partition coefficient (Wildman–Crippen LogP) is 6.12. The summed E-state index contributed by atoms with van der Waals surface area (Å²) < 4.78 is 5.85. The maximum Gasteiger partial charge on any atom is 0.150 e. The molecule has 0 saturated heterocycles. The molecule has 0 aliphatic heterocycles. The number of benzene rings is 3. The van der Waals surface area contributed by atoms with Crippen molar-refractivity contribution in [3.05, 3.63) is 96.7 Å². The van der Waals surface area contributed by atoms with E-state index in [1.807, 2.05) is 54.7 Å². The van der Waals surface area contributed by atoms with Gasteiger partial charge >= 0.3 is 0 Å². The van der Waals surface area contributed by atoms with E-state index >= 15 is 0 Å². The van der Waals surface area contributed by atoms with E-state index in [0.29, 0.717) is 6.54 Å². The average Bonchev–Trinajstić information content (AvgIpc) is 3.13. The number of aromatic amines is 1. The monoisotopic (exact) mass is 365 g/mol. The molecule has 3 aromatic carbocycles.